The first-order chi connectivity index (χ1) is 12.6. The minimum Gasteiger partial charge on any atom is -0.391 e. The largest absolute Gasteiger partial charge is 0.391 e. The van der Waals surface area contributed by atoms with Gasteiger partial charge < -0.3 is 21.1 Å². The van der Waals surface area contributed by atoms with Crippen LogP contribution in [0.3, 0.4) is 0 Å². The molecule has 1 heterocycles. The zero-order valence-corrected chi connectivity index (χ0v) is 14.8. The number of hydrogen-bond acceptors (Lipinski definition) is 4. The molecule has 4 rings (SSSR count). The van der Waals surface area contributed by atoms with Crippen LogP contribution >= 0.6 is 0 Å². The molecule has 26 heavy (non-hydrogen) atoms. The summed E-state index contributed by atoms with van der Waals surface area (Å²) in [5.41, 5.74) is 11.1. The number of amides is 1. The second kappa shape index (κ2) is 7.09. The molecule has 2 aliphatic rings. The summed E-state index contributed by atoms with van der Waals surface area (Å²) in [7, 11) is 0. The van der Waals surface area contributed by atoms with Gasteiger partial charge in [0.25, 0.3) is 0 Å². The first-order valence-electron chi connectivity index (χ1n) is 9.31. The van der Waals surface area contributed by atoms with Gasteiger partial charge >= 0.3 is 0 Å². The van der Waals surface area contributed by atoms with E-state index in [0.717, 1.165) is 53.9 Å². The van der Waals surface area contributed by atoms with Gasteiger partial charge in [-0.2, -0.15) is 0 Å². The van der Waals surface area contributed by atoms with Crippen LogP contribution in [0.25, 0.3) is 11.1 Å². The van der Waals surface area contributed by atoms with Crippen molar-refractivity contribution in [2.75, 3.05) is 23.3 Å². The third-order valence-electron chi connectivity index (χ3n) is 5.22. The number of benzene rings is 2. The molecule has 5 heteroatoms. The van der Waals surface area contributed by atoms with Gasteiger partial charge in [-0.05, 0) is 60.2 Å². The maximum Gasteiger partial charge on any atom is 0.227 e. The van der Waals surface area contributed by atoms with Crippen molar-refractivity contribution in [3.63, 3.8) is 0 Å². The van der Waals surface area contributed by atoms with Crippen LogP contribution < -0.4 is 16.0 Å². The van der Waals surface area contributed by atoms with Crippen LogP contribution in [0, 0.1) is 5.92 Å². The number of nitrogens with zero attached hydrogens (tertiary/aromatic N) is 1. The molecule has 5 nitrogen and oxygen atoms in total. The maximum absolute atomic E-state index is 12.0. The van der Waals surface area contributed by atoms with Crippen molar-refractivity contribution < 1.29 is 9.90 Å². The molecule has 2 aromatic carbocycles. The highest BCUT2D eigenvalue weighted by molar-refractivity contribution is 5.94. The summed E-state index contributed by atoms with van der Waals surface area (Å²) in [5, 5.41) is 12.8. The standard InChI is InChI=1S/C21H25N3O2/c22-12-17-10-16(6-7-20(17)24-9-8-19(25)13-24)15-2-1-3-18(11-15)23-21(26)14-4-5-14/h1-3,6-7,10-11,14,19,25H,4-5,8-9,12-13,22H2,(H,23,26)/t19-/m1/s1. The van der Waals surface area contributed by atoms with E-state index in [-0.39, 0.29) is 17.9 Å². The number of nitrogens with one attached hydrogen (secondary N) is 1. The second-order valence-electron chi connectivity index (χ2n) is 7.28. The van der Waals surface area contributed by atoms with E-state index >= 15 is 0 Å². The number of carbonyl (C=O) groups is 1. The lowest BCUT2D eigenvalue weighted by molar-refractivity contribution is -0.117. The van der Waals surface area contributed by atoms with Crippen molar-refractivity contribution in [3.05, 3.63) is 48.0 Å². The highest BCUT2D eigenvalue weighted by Crippen LogP contribution is 2.32. The Morgan fingerprint density at radius 3 is 2.65 bits per heavy atom. The van der Waals surface area contributed by atoms with E-state index in [4.69, 9.17) is 5.73 Å². The average Bonchev–Trinajstić information content (AvgIpc) is 3.43. The summed E-state index contributed by atoms with van der Waals surface area (Å²) in [4.78, 5) is 14.2. The van der Waals surface area contributed by atoms with Crippen LogP contribution in [0.2, 0.25) is 0 Å². The number of β-amino-alcohol motifs (C(OH)–C–C–N with tert-alkyl or cyclic N) is 1. The van der Waals surface area contributed by atoms with Gasteiger partial charge in [0.05, 0.1) is 6.10 Å². The lowest BCUT2D eigenvalue weighted by Gasteiger charge is -2.22. The molecule has 1 saturated carbocycles. The fraction of sp³-hybridized carbons (Fsp3) is 0.381. The van der Waals surface area contributed by atoms with E-state index in [0.29, 0.717) is 13.1 Å². The topological polar surface area (TPSA) is 78.6 Å². The summed E-state index contributed by atoms with van der Waals surface area (Å²) in [6.45, 7) is 1.97. The lowest BCUT2D eigenvalue weighted by Crippen LogP contribution is -2.23. The van der Waals surface area contributed by atoms with Crippen molar-refractivity contribution in [1.29, 1.82) is 0 Å². The van der Waals surface area contributed by atoms with Gasteiger partial charge in [0.2, 0.25) is 5.91 Å². The van der Waals surface area contributed by atoms with Crippen LogP contribution in [0.4, 0.5) is 11.4 Å². The number of aliphatic hydroxyl groups excluding tert-OH is 1. The quantitative estimate of drug-likeness (QED) is 0.774. The molecule has 4 N–H and O–H groups in total. The molecule has 1 amide bonds. The summed E-state index contributed by atoms with van der Waals surface area (Å²) in [5.74, 6) is 0.310. The minimum atomic E-state index is -0.257. The summed E-state index contributed by atoms with van der Waals surface area (Å²) in [6, 6.07) is 14.2. The zero-order chi connectivity index (χ0) is 18.1. The fourth-order valence-electron chi connectivity index (χ4n) is 3.56. The molecule has 0 spiro atoms. The lowest BCUT2D eigenvalue weighted by atomic mass is 10.0. The highest BCUT2D eigenvalue weighted by atomic mass is 16.3. The molecule has 0 radical (unpaired) electrons. The van der Waals surface area contributed by atoms with E-state index in [1.165, 1.54) is 0 Å². The van der Waals surface area contributed by atoms with E-state index in [9.17, 15) is 9.90 Å². The first kappa shape index (κ1) is 17.1. The zero-order valence-electron chi connectivity index (χ0n) is 14.8. The van der Waals surface area contributed by atoms with Gasteiger partial charge in [-0.1, -0.05) is 18.2 Å². The average molecular weight is 351 g/mol. The maximum atomic E-state index is 12.0. The van der Waals surface area contributed by atoms with Crippen LogP contribution in [0.15, 0.2) is 42.5 Å². The third kappa shape index (κ3) is 3.59. The van der Waals surface area contributed by atoms with Crippen LogP contribution in [-0.4, -0.2) is 30.2 Å². The summed E-state index contributed by atoms with van der Waals surface area (Å²) < 4.78 is 0. The van der Waals surface area contributed by atoms with Crippen molar-refractivity contribution in [2.45, 2.75) is 31.9 Å². The smallest absolute Gasteiger partial charge is 0.227 e. The Bertz CT molecular complexity index is 817. The van der Waals surface area contributed by atoms with Crippen molar-refractivity contribution in [3.8, 4) is 11.1 Å². The minimum absolute atomic E-state index is 0.118. The monoisotopic (exact) mass is 351 g/mol. The first-order valence-corrected chi connectivity index (χ1v) is 9.31. The van der Waals surface area contributed by atoms with E-state index in [1.807, 2.05) is 24.3 Å². The number of nitrogens with two attached hydrogens (primary N) is 1. The fourth-order valence-corrected chi connectivity index (χ4v) is 3.56. The Morgan fingerprint density at radius 1 is 1.15 bits per heavy atom. The van der Waals surface area contributed by atoms with Gasteiger partial charge in [-0.25, -0.2) is 0 Å². The van der Waals surface area contributed by atoms with E-state index < -0.39 is 0 Å². The molecular formula is C21H25N3O2. The van der Waals surface area contributed by atoms with Crippen molar-refractivity contribution >= 4 is 17.3 Å². The number of rotatable bonds is 5. The molecule has 1 saturated heterocycles. The van der Waals surface area contributed by atoms with Crippen molar-refractivity contribution in [2.24, 2.45) is 11.7 Å². The molecule has 1 aliphatic heterocycles. The molecule has 0 aromatic heterocycles. The molecule has 136 valence electrons. The molecule has 0 bridgehead atoms. The van der Waals surface area contributed by atoms with Gasteiger partial charge in [0.1, 0.15) is 0 Å². The van der Waals surface area contributed by atoms with Crippen LogP contribution in [-0.2, 0) is 11.3 Å². The molecule has 0 unspecified atom stereocenters. The van der Waals surface area contributed by atoms with Gasteiger partial charge in [0, 0.05) is 36.9 Å². The van der Waals surface area contributed by atoms with E-state index in [1.54, 1.807) is 0 Å². The number of anilines is 2. The molecule has 1 aliphatic carbocycles. The molecular weight excluding hydrogens is 326 g/mol. The Labute approximate surface area is 153 Å². The highest BCUT2D eigenvalue weighted by Gasteiger charge is 2.29. The van der Waals surface area contributed by atoms with Gasteiger partial charge in [-0.15, -0.1) is 0 Å². The Balaban J connectivity index is 1.58. The Hall–Kier alpha value is -2.37. The van der Waals surface area contributed by atoms with E-state index in [2.05, 4.69) is 28.4 Å². The number of carbonyl (C=O) groups excluding carboxylic acids is 1. The second-order valence-corrected chi connectivity index (χ2v) is 7.28. The van der Waals surface area contributed by atoms with Crippen LogP contribution in [0.1, 0.15) is 24.8 Å². The predicted molar refractivity (Wildman–Crippen MR) is 104 cm³/mol. The number of aliphatic hydroxyl groups is 1. The van der Waals surface area contributed by atoms with Crippen molar-refractivity contribution in [1.82, 2.24) is 0 Å². The predicted octanol–water partition coefficient (Wildman–Crippen LogP) is 2.73. The van der Waals surface area contributed by atoms with Crippen LogP contribution in [0.5, 0.6) is 0 Å². The number of hydrogen-bond donors (Lipinski definition) is 3. The van der Waals surface area contributed by atoms with Gasteiger partial charge in [-0.3, -0.25) is 4.79 Å². The Morgan fingerprint density at radius 2 is 1.96 bits per heavy atom. The molecule has 1 atom stereocenters. The van der Waals surface area contributed by atoms with Gasteiger partial charge in [0.15, 0.2) is 0 Å². The summed E-state index contributed by atoms with van der Waals surface area (Å²) in [6.07, 6.45) is 2.54. The summed E-state index contributed by atoms with van der Waals surface area (Å²) >= 11 is 0. The molecule has 2 aromatic rings. The molecule has 2 fully saturated rings. The Kier molecular flexibility index (Phi) is 4.66. The third-order valence-corrected chi connectivity index (χ3v) is 5.22. The SMILES string of the molecule is NCc1cc(-c2cccc(NC(=O)C3CC3)c2)ccc1N1CC[C@@H](O)C1. The normalized spacial score (nSPS) is 19.6.